The lowest BCUT2D eigenvalue weighted by Crippen LogP contribution is -2.47. The van der Waals surface area contributed by atoms with Crippen LogP contribution in [0.15, 0.2) is 54.7 Å². The first-order valence-electron chi connectivity index (χ1n) is 11.1. The Labute approximate surface area is 204 Å². The van der Waals surface area contributed by atoms with Crippen molar-refractivity contribution in [3.05, 3.63) is 77.1 Å². The molecule has 2 amide bonds. The highest BCUT2D eigenvalue weighted by Crippen LogP contribution is 2.28. The summed E-state index contributed by atoms with van der Waals surface area (Å²) >= 11 is 0. The Hall–Kier alpha value is -4.17. The smallest absolute Gasteiger partial charge is 0.372 e. The Bertz CT molecular complexity index is 1310. The van der Waals surface area contributed by atoms with Crippen LogP contribution < -0.4 is 10.2 Å². The number of benzene rings is 2. The van der Waals surface area contributed by atoms with E-state index in [1.807, 2.05) is 13.0 Å². The van der Waals surface area contributed by atoms with Gasteiger partial charge in [-0.15, -0.1) is 0 Å². The van der Waals surface area contributed by atoms with Crippen LogP contribution in [0.3, 0.4) is 0 Å². The summed E-state index contributed by atoms with van der Waals surface area (Å²) in [7, 11) is 0. The van der Waals surface area contributed by atoms with Gasteiger partial charge in [-0.2, -0.15) is 23.5 Å². The summed E-state index contributed by atoms with van der Waals surface area (Å²) in [6, 6.07) is 15.1. The van der Waals surface area contributed by atoms with Gasteiger partial charge in [0, 0.05) is 11.4 Å². The number of nitrogens with zero attached hydrogens (tertiary/aromatic N) is 4. The van der Waals surface area contributed by atoms with Crippen molar-refractivity contribution in [2.24, 2.45) is 0 Å². The highest BCUT2D eigenvalue weighted by atomic mass is 19.4. The molecule has 0 aliphatic carbocycles. The molecule has 4 rings (SSSR count). The molecule has 1 N–H and O–H groups in total. The lowest BCUT2D eigenvalue weighted by molar-refractivity contribution is -0.173. The topological polar surface area (TPSA) is 100 Å². The minimum absolute atomic E-state index is 0.0766. The van der Waals surface area contributed by atoms with Gasteiger partial charge in [0.25, 0.3) is 11.8 Å². The summed E-state index contributed by atoms with van der Waals surface area (Å²) < 4.78 is 42.8. The number of ether oxygens (including phenoxy) is 1. The molecule has 2 aromatic carbocycles. The van der Waals surface area contributed by atoms with E-state index in [1.165, 1.54) is 16.9 Å². The number of fused-ring (bicyclic) bond motifs is 1. The Morgan fingerprint density at radius 1 is 1.25 bits per heavy atom. The fourth-order valence-corrected chi connectivity index (χ4v) is 4.00. The normalized spacial score (nSPS) is 15.4. The van der Waals surface area contributed by atoms with Gasteiger partial charge >= 0.3 is 6.18 Å². The molecule has 8 nitrogen and oxygen atoms in total. The Morgan fingerprint density at radius 2 is 2.00 bits per heavy atom. The average Bonchev–Trinajstić information content (AvgIpc) is 3.26. The van der Waals surface area contributed by atoms with E-state index in [0.29, 0.717) is 29.9 Å². The van der Waals surface area contributed by atoms with E-state index >= 15 is 0 Å². The number of carbonyl (C=O) groups is 2. The van der Waals surface area contributed by atoms with Crippen LogP contribution >= 0.6 is 0 Å². The molecule has 0 spiro atoms. The van der Waals surface area contributed by atoms with Crippen LogP contribution in [-0.2, 0) is 17.7 Å². The summed E-state index contributed by atoms with van der Waals surface area (Å²) in [5, 5.41) is 16.0. The monoisotopic (exact) mass is 497 g/mol. The molecule has 0 radical (unpaired) electrons. The van der Waals surface area contributed by atoms with Gasteiger partial charge in [-0.05, 0) is 49.2 Å². The molecule has 3 aromatic rings. The van der Waals surface area contributed by atoms with Crippen LogP contribution in [0.5, 0.6) is 0 Å². The first kappa shape index (κ1) is 24.9. The van der Waals surface area contributed by atoms with Gasteiger partial charge in [-0.3, -0.25) is 14.3 Å². The van der Waals surface area contributed by atoms with Gasteiger partial charge in [0.1, 0.15) is 12.3 Å². The summed E-state index contributed by atoms with van der Waals surface area (Å²) in [5.41, 5.74) is 2.42. The first-order valence-corrected chi connectivity index (χ1v) is 11.1. The summed E-state index contributed by atoms with van der Waals surface area (Å²) in [5.74, 6) is -0.924. The quantitative estimate of drug-likeness (QED) is 0.494. The van der Waals surface area contributed by atoms with Gasteiger partial charge in [0.2, 0.25) is 0 Å². The van der Waals surface area contributed by atoms with Crippen LogP contribution in [0, 0.1) is 11.3 Å². The number of nitrogens with one attached hydrogen (secondary N) is 1. The number of rotatable bonds is 7. The lowest BCUT2D eigenvalue weighted by Gasteiger charge is -2.34. The van der Waals surface area contributed by atoms with Gasteiger partial charge < -0.3 is 15.0 Å². The van der Waals surface area contributed by atoms with Crippen LogP contribution in [0.1, 0.15) is 38.9 Å². The van der Waals surface area contributed by atoms with E-state index in [-0.39, 0.29) is 23.9 Å². The molecule has 0 saturated heterocycles. The number of hydrogen-bond donors (Lipinski definition) is 1. The van der Waals surface area contributed by atoms with Crippen molar-refractivity contribution in [1.82, 2.24) is 9.78 Å². The van der Waals surface area contributed by atoms with Crippen LogP contribution in [0.4, 0.5) is 24.5 Å². The second-order valence-electron chi connectivity index (χ2n) is 8.34. The molecule has 1 aliphatic rings. The third-order valence-corrected chi connectivity index (χ3v) is 5.65. The molecule has 0 saturated carbocycles. The molecule has 1 aromatic heterocycles. The van der Waals surface area contributed by atoms with E-state index in [0.717, 1.165) is 5.56 Å². The molecular formula is C25H22F3N5O3. The number of nitriles is 1. The maximum absolute atomic E-state index is 13.5. The third kappa shape index (κ3) is 5.55. The summed E-state index contributed by atoms with van der Waals surface area (Å²) in [4.78, 5) is 28.0. The van der Waals surface area contributed by atoms with Gasteiger partial charge in [0.15, 0.2) is 0 Å². The fraction of sp³-hybridized carbons (Fsp3) is 0.280. The Morgan fingerprint density at radius 3 is 2.69 bits per heavy atom. The van der Waals surface area contributed by atoms with E-state index in [4.69, 9.17) is 5.26 Å². The number of anilines is 2. The molecule has 2 heterocycles. The third-order valence-electron chi connectivity index (χ3n) is 5.65. The zero-order valence-electron chi connectivity index (χ0n) is 19.2. The number of alkyl halides is 3. The molecule has 0 bridgehead atoms. The molecule has 0 fully saturated rings. The van der Waals surface area contributed by atoms with E-state index in [2.05, 4.69) is 15.2 Å². The number of amides is 2. The predicted molar refractivity (Wildman–Crippen MR) is 125 cm³/mol. The van der Waals surface area contributed by atoms with Crippen molar-refractivity contribution in [2.75, 3.05) is 23.4 Å². The van der Waals surface area contributed by atoms with Crippen LogP contribution in [-0.4, -0.2) is 47.0 Å². The van der Waals surface area contributed by atoms with Crippen molar-refractivity contribution in [3.63, 3.8) is 0 Å². The zero-order valence-corrected chi connectivity index (χ0v) is 19.2. The maximum atomic E-state index is 13.5. The van der Waals surface area contributed by atoms with Crippen molar-refractivity contribution < 1.29 is 27.5 Å². The van der Waals surface area contributed by atoms with Crippen molar-refractivity contribution in [2.45, 2.75) is 32.1 Å². The maximum Gasteiger partial charge on any atom is 0.411 e. The molecule has 186 valence electrons. The van der Waals surface area contributed by atoms with Crippen molar-refractivity contribution >= 4 is 23.2 Å². The zero-order chi connectivity index (χ0) is 25.9. The number of halogens is 3. The van der Waals surface area contributed by atoms with Crippen molar-refractivity contribution in [1.29, 1.82) is 5.26 Å². The fourth-order valence-electron chi connectivity index (χ4n) is 4.00. The van der Waals surface area contributed by atoms with Gasteiger partial charge in [0.05, 0.1) is 42.6 Å². The van der Waals surface area contributed by atoms with Crippen LogP contribution in [0.2, 0.25) is 0 Å². The van der Waals surface area contributed by atoms with Gasteiger partial charge in [-0.1, -0.05) is 18.2 Å². The minimum atomic E-state index is -4.36. The molecular weight excluding hydrogens is 475 g/mol. The first-order chi connectivity index (χ1) is 17.2. The summed E-state index contributed by atoms with van der Waals surface area (Å²) in [6.45, 7) is 0.852. The summed E-state index contributed by atoms with van der Waals surface area (Å²) in [6.07, 6.45) is -2.72. The highest BCUT2D eigenvalue weighted by Gasteiger charge is 2.35. The van der Waals surface area contributed by atoms with Crippen LogP contribution in [0.25, 0.3) is 0 Å². The molecule has 1 aliphatic heterocycles. The van der Waals surface area contributed by atoms with Crippen molar-refractivity contribution in [3.8, 4) is 6.07 Å². The number of hydrogen-bond acceptors (Lipinski definition) is 5. The predicted octanol–water partition coefficient (Wildman–Crippen LogP) is 4.18. The molecule has 1 atom stereocenters. The lowest BCUT2D eigenvalue weighted by atomic mass is 10.1. The number of carbonyl (C=O) groups excluding carboxylic acids is 2. The largest absolute Gasteiger partial charge is 0.411 e. The SMILES string of the molecule is C[C@H]1Cn2ncc(C(=O)Nc3cccc(C#N)c3)c2C(=O)N1c1ccc(CCOCC(F)(F)F)cc1. The minimum Gasteiger partial charge on any atom is -0.372 e. The Balaban J connectivity index is 1.49. The van der Waals surface area contributed by atoms with Gasteiger partial charge in [-0.25, -0.2) is 0 Å². The van der Waals surface area contributed by atoms with E-state index < -0.39 is 24.6 Å². The standard InChI is InChI=1S/C25H22F3N5O3/c1-16-14-32-22(21(13-30-32)23(34)31-19-4-2-3-18(11-19)12-29)24(35)33(16)20-7-5-17(6-8-20)9-10-36-15-25(26,27)28/h2-8,11,13,16H,9-10,14-15H2,1H3,(H,31,34)/t16-/m0/s1. The number of aromatic nitrogens is 2. The highest BCUT2D eigenvalue weighted by molar-refractivity contribution is 6.15. The molecule has 11 heteroatoms. The second kappa shape index (κ2) is 10.2. The van der Waals surface area contributed by atoms with E-state index in [9.17, 15) is 22.8 Å². The van der Waals surface area contributed by atoms with E-state index in [1.54, 1.807) is 47.4 Å². The Kier molecular flexibility index (Phi) is 7.07. The second-order valence-corrected chi connectivity index (χ2v) is 8.34. The molecule has 36 heavy (non-hydrogen) atoms. The average molecular weight is 497 g/mol. The molecule has 0 unspecified atom stereocenters.